The van der Waals surface area contributed by atoms with Gasteiger partial charge in [-0.2, -0.15) is 0 Å². The van der Waals surface area contributed by atoms with Crippen LogP contribution in [-0.4, -0.2) is 23.9 Å². The fourth-order valence-corrected chi connectivity index (χ4v) is 2.20. The molecule has 0 N–H and O–H groups in total. The van der Waals surface area contributed by atoms with Gasteiger partial charge in [0.05, 0.1) is 0 Å². The molecule has 1 aromatic rings. The number of hydrogen-bond acceptors (Lipinski definition) is 2. The van der Waals surface area contributed by atoms with Crippen LogP contribution in [0.4, 0.5) is 0 Å². The summed E-state index contributed by atoms with van der Waals surface area (Å²) in [7, 11) is 0. The lowest BCUT2D eigenvalue weighted by atomic mass is 10.2. The van der Waals surface area contributed by atoms with Crippen LogP contribution in [0, 0.1) is 5.92 Å². The van der Waals surface area contributed by atoms with E-state index < -0.39 is 0 Å². The van der Waals surface area contributed by atoms with E-state index in [0.717, 1.165) is 35.9 Å². The van der Waals surface area contributed by atoms with Crippen molar-refractivity contribution in [1.82, 2.24) is 4.90 Å². The van der Waals surface area contributed by atoms with Crippen LogP contribution in [0.15, 0.2) is 29.2 Å². The summed E-state index contributed by atoms with van der Waals surface area (Å²) in [5.74, 6) is 0.888. The summed E-state index contributed by atoms with van der Waals surface area (Å²) >= 11 is 4.28. The van der Waals surface area contributed by atoms with E-state index >= 15 is 0 Å². The Hall–Kier alpha value is -0.960. The number of thiol groups is 1. The van der Waals surface area contributed by atoms with Gasteiger partial charge in [-0.25, -0.2) is 0 Å². The molecule has 3 heteroatoms. The standard InChI is InChI=1S/C14H19NOS/c1-2-8-15(10-11-6-7-11)14(16)12-4-3-5-13(17)9-12/h3-5,9,11,17H,2,6-8,10H2,1H3. The van der Waals surface area contributed by atoms with Gasteiger partial charge in [-0.15, -0.1) is 12.6 Å². The Morgan fingerprint density at radius 1 is 1.47 bits per heavy atom. The number of amides is 1. The summed E-state index contributed by atoms with van der Waals surface area (Å²) in [6.07, 6.45) is 3.57. The minimum atomic E-state index is 0.148. The fraction of sp³-hybridized carbons (Fsp3) is 0.500. The fourth-order valence-electron chi connectivity index (χ4n) is 1.98. The molecule has 0 spiro atoms. The van der Waals surface area contributed by atoms with Crippen LogP contribution in [0.25, 0.3) is 0 Å². The van der Waals surface area contributed by atoms with Gasteiger partial charge in [0.1, 0.15) is 0 Å². The summed E-state index contributed by atoms with van der Waals surface area (Å²) < 4.78 is 0. The van der Waals surface area contributed by atoms with Gasteiger partial charge in [0.2, 0.25) is 0 Å². The molecule has 1 aliphatic rings. The number of carbonyl (C=O) groups excluding carboxylic acids is 1. The molecule has 0 saturated heterocycles. The van der Waals surface area contributed by atoms with Gasteiger partial charge in [-0.3, -0.25) is 4.79 Å². The molecule has 0 atom stereocenters. The molecule has 1 aromatic carbocycles. The largest absolute Gasteiger partial charge is 0.338 e. The molecular weight excluding hydrogens is 230 g/mol. The predicted molar refractivity (Wildman–Crippen MR) is 72.6 cm³/mol. The second kappa shape index (κ2) is 5.58. The SMILES string of the molecule is CCCN(CC1CC1)C(=O)c1cccc(S)c1. The first-order valence-corrected chi connectivity index (χ1v) is 6.73. The Morgan fingerprint density at radius 3 is 2.82 bits per heavy atom. The zero-order chi connectivity index (χ0) is 12.3. The molecule has 2 nitrogen and oxygen atoms in total. The lowest BCUT2D eigenvalue weighted by Crippen LogP contribution is -2.33. The summed E-state index contributed by atoms with van der Waals surface area (Å²) in [4.78, 5) is 15.2. The van der Waals surface area contributed by atoms with Crippen LogP contribution in [0.1, 0.15) is 36.5 Å². The normalized spacial score (nSPS) is 14.7. The third-order valence-corrected chi connectivity index (χ3v) is 3.33. The quantitative estimate of drug-likeness (QED) is 0.794. The highest BCUT2D eigenvalue weighted by atomic mass is 32.1. The van der Waals surface area contributed by atoms with Gasteiger partial charge in [-0.05, 0) is 43.4 Å². The third-order valence-electron chi connectivity index (χ3n) is 3.05. The van der Waals surface area contributed by atoms with Gasteiger partial charge in [0.15, 0.2) is 0 Å². The van der Waals surface area contributed by atoms with E-state index in [-0.39, 0.29) is 5.91 Å². The lowest BCUT2D eigenvalue weighted by Gasteiger charge is -2.22. The van der Waals surface area contributed by atoms with E-state index in [1.54, 1.807) is 0 Å². The highest BCUT2D eigenvalue weighted by molar-refractivity contribution is 7.80. The van der Waals surface area contributed by atoms with Crippen molar-refractivity contribution in [3.05, 3.63) is 29.8 Å². The van der Waals surface area contributed by atoms with E-state index in [0.29, 0.717) is 0 Å². The average Bonchev–Trinajstić information content (AvgIpc) is 3.11. The minimum absolute atomic E-state index is 0.148. The summed E-state index contributed by atoms with van der Waals surface area (Å²) in [5, 5.41) is 0. The molecule has 1 amide bonds. The predicted octanol–water partition coefficient (Wildman–Crippen LogP) is 3.24. The first-order chi connectivity index (χ1) is 8.20. The summed E-state index contributed by atoms with van der Waals surface area (Å²) in [5.41, 5.74) is 0.756. The van der Waals surface area contributed by atoms with Gasteiger partial charge < -0.3 is 4.90 Å². The molecule has 0 aromatic heterocycles. The van der Waals surface area contributed by atoms with Gasteiger partial charge in [-0.1, -0.05) is 13.0 Å². The van der Waals surface area contributed by atoms with Gasteiger partial charge in [0, 0.05) is 23.5 Å². The topological polar surface area (TPSA) is 20.3 Å². The van der Waals surface area contributed by atoms with Crippen molar-refractivity contribution in [2.45, 2.75) is 31.1 Å². The maximum atomic E-state index is 12.3. The highest BCUT2D eigenvalue weighted by Gasteiger charge is 2.26. The molecule has 0 unspecified atom stereocenters. The number of benzene rings is 1. The monoisotopic (exact) mass is 249 g/mol. The van der Waals surface area contributed by atoms with Crippen molar-refractivity contribution in [1.29, 1.82) is 0 Å². The van der Waals surface area contributed by atoms with Gasteiger partial charge in [0.25, 0.3) is 5.91 Å². The maximum absolute atomic E-state index is 12.3. The molecule has 1 aliphatic carbocycles. The Balaban J connectivity index is 2.08. The van der Waals surface area contributed by atoms with Crippen molar-refractivity contribution in [3.63, 3.8) is 0 Å². The molecule has 0 radical (unpaired) electrons. The van der Waals surface area contributed by atoms with Crippen LogP contribution in [-0.2, 0) is 0 Å². The highest BCUT2D eigenvalue weighted by Crippen LogP contribution is 2.30. The van der Waals surface area contributed by atoms with Crippen LogP contribution in [0.3, 0.4) is 0 Å². The van der Waals surface area contributed by atoms with Gasteiger partial charge >= 0.3 is 0 Å². The van der Waals surface area contributed by atoms with Crippen LogP contribution in [0.5, 0.6) is 0 Å². The summed E-state index contributed by atoms with van der Waals surface area (Å²) in [6.45, 7) is 3.89. The third kappa shape index (κ3) is 3.50. The van der Waals surface area contributed by atoms with Crippen molar-refractivity contribution >= 4 is 18.5 Å². The summed E-state index contributed by atoms with van der Waals surface area (Å²) in [6, 6.07) is 7.50. The molecule has 1 fully saturated rings. The van der Waals surface area contributed by atoms with E-state index in [1.807, 2.05) is 29.2 Å². The zero-order valence-electron chi connectivity index (χ0n) is 10.2. The second-order valence-corrected chi connectivity index (χ2v) is 5.26. The molecule has 2 rings (SSSR count). The maximum Gasteiger partial charge on any atom is 0.253 e. The van der Waals surface area contributed by atoms with Crippen molar-refractivity contribution in [3.8, 4) is 0 Å². The average molecular weight is 249 g/mol. The van der Waals surface area contributed by atoms with E-state index in [4.69, 9.17) is 0 Å². The second-order valence-electron chi connectivity index (χ2n) is 4.74. The minimum Gasteiger partial charge on any atom is -0.338 e. The Morgan fingerprint density at radius 2 is 2.24 bits per heavy atom. The Kier molecular flexibility index (Phi) is 4.11. The van der Waals surface area contributed by atoms with Crippen LogP contribution >= 0.6 is 12.6 Å². The van der Waals surface area contributed by atoms with Crippen molar-refractivity contribution < 1.29 is 4.79 Å². The molecule has 17 heavy (non-hydrogen) atoms. The van der Waals surface area contributed by atoms with Crippen molar-refractivity contribution in [2.24, 2.45) is 5.92 Å². The molecule has 0 bridgehead atoms. The molecule has 1 saturated carbocycles. The Labute approximate surface area is 108 Å². The lowest BCUT2D eigenvalue weighted by molar-refractivity contribution is 0.0747. The van der Waals surface area contributed by atoms with Crippen LogP contribution in [0.2, 0.25) is 0 Å². The molecular formula is C14H19NOS. The van der Waals surface area contributed by atoms with E-state index in [9.17, 15) is 4.79 Å². The first kappa shape index (κ1) is 12.5. The smallest absolute Gasteiger partial charge is 0.253 e. The number of rotatable bonds is 5. The number of nitrogens with zero attached hydrogens (tertiary/aromatic N) is 1. The number of hydrogen-bond donors (Lipinski definition) is 1. The molecule has 92 valence electrons. The number of carbonyl (C=O) groups is 1. The van der Waals surface area contributed by atoms with Crippen LogP contribution < -0.4 is 0 Å². The Bertz CT molecular complexity index is 401. The van der Waals surface area contributed by atoms with E-state index in [1.165, 1.54) is 12.8 Å². The zero-order valence-corrected chi connectivity index (χ0v) is 11.1. The first-order valence-electron chi connectivity index (χ1n) is 6.29. The molecule has 0 aliphatic heterocycles. The molecule has 0 heterocycles. The van der Waals surface area contributed by atoms with Crippen molar-refractivity contribution in [2.75, 3.05) is 13.1 Å². The van der Waals surface area contributed by atoms with E-state index in [2.05, 4.69) is 19.6 Å².